The van der Waals surface area contributed by atoms with Gasteiger partial charge >= 0.3 is 0 Å². The molecule has 1 aliphatic rings. The Morgan fingerprint density at radius 1 is 1.47 bits per heavy atom. The van der Waals surface area contributed by atoms with Crippen molar-refractivity contribution >= 4 is 29.9 Å². The van der Waals surface area contributed by atoms with Gasteiger partial charge in [-0.1, -0.05) is 0 Å². The Kier molecular flexibility index (Phi) is 5.16. The van der Waals surface area contributed by atoms with Crippen LogP contribution in [0.4, 0.5) is 0 Å². The zero-order valence-electron chi connectivity index (χ0n) is 10.4. The van der Waals surface area contributed by atoms with E-state index in [9.17, 15) is 0 Å². The zero-order chi connectivity index (χ0) is 11.5. The van der Waals surface area contributed by atoms with Gasteiger partial charge in [0.05, 0.1) is 6.54 Å². The Hall–Kier alpha value is -0.860. The number of aliphatic imine (C=N–C) groups is 1. The van der Waals surface area contributed by atoms with Gasteiger partial charge in [0, 0.05) is 20.1 Å². The van der Waals surface area contributed by atoms with Gasteiger partial charge in [0.15, 0.2) is 11.8 Å². The molecule has 0 saturated heterocycles. The molecule has 1 aromatic heterocycles. The Labute approximate surface area is 118 Å². The predicted molar refractivity (Wildman–Crippen MR) is 77.5 cm³/mol. The number of halogens is 1. The molecule has 17 heavy (non-hydrogen) atoms. The molecule has 6 nitrogen and oxygen atoms in total. The molecular formula is C10H19IN6. The summed E-state index contributed by atoms with van der Waals surface area (Å²) in [6.45, 7) is 2.58. The third-order valence-electron chi connectivity index (χ3n) is 2.74. The first-order valence-electron chi connectivity index (χ1n) is 5.52. The van der Waals surface area contributed by atoms with E-state index in [1.165, 1.54) is 12.8 Å². The Morgan fingerprint density at radius 2 is 2.18 bits per heavy atom. The summed E-state index contributed by atoms with van der Waals surface area (Å²) in [7, 11) is 3.74. The van der Waals surface area contributed by atoms with Crippen molar-refractivity contribution in [2.45, 2.75) is 32.4 Å². The maximum absolute atomic E-state index is 4.16. The summed E-state index contributed by atoms with van der Waals surface area (Å²) in [5.41, 5.74) is 0. The Morgan fingerprint density at radius 3 is 2.65 bits per heavy atom. The van der Waals surface area contributed by atoms with Crippen LogP contribution in [0.25, 0.3) is 0 Å². The fraction of sp³-hybridized carbons (Fsp3) is 0.700. The molecule has 0 aromatic carbocycles. The minimum absolute atomic E-state index is 0. The van der Waals surface area contributed by atoms with E-state index in [4.69, 9.17) is 0 Å². The molecule has 1 saturated carbocycles. The van der Waals surface area contributed by atoms with E-state index >= 15 is 0 Å². The number of hydrogen-bond acceptors (Lipinski definition) is 3. The quantitative estimate of drug-likeness (QED) is 0.475. The smallest absolute Gasteiger partial charge is 0.191 e. The first-order valence-corrected chi connectivity index (χ1v) is 5.52. The second kappa shape index (κ2) is 6.18. The van der Waals surface area contributed by atoms with E-state index in [1.807, 2.05) is 18.5 Å². The summed E-state index contributed by atoms with van der Waals surface area (Å²) in [5, 5.41) is 14.6. The van der Waals surface area contributed by atoms with E-state index in [1.54, 1.807) is 7.05 Å². The number of guanidine groups is 1. The molecule has 0 spiro atoms. The predicted octanol–water partition coefficient (Wildman–Crippen LogP) is 0.569. The lowest BCUT2D eigenvalue weighted by Crippen LogP contribution is -2.38. The molecule has 0 atom stereocenters. The summed E-state index contributed by atoms with van der Waals surface area (Å²) in [6, 6.07) is 0.604. The number of nitrogens with zero attached hydrogens (tertiary/aromatic N) is 4. The summed E-state index contributed by atoms with van der Waals surface area (Å²) in [5.74, 6) is 2.67. The second-order valence-corrected chi connectivity index (χ2v) is 4.07. The molecule has 0 bridgehead atoms. The van der Waals surface area contributed by atoms with Gasteiger partial charge in [-0.15, -0.1) is 34.2 Å². The van der Waals surface area contributed by atoms with E-state index in [0.29, 0.717) is 12.6 Å². The maximum atomic E-state index is 4.16. The summed E-state index contributed by atoms with van der Waals surface area (Å²) in [4.78, 5) is 4.16. The highest BCUT2D eigenvalue weighted by Gasteiger charge is 2.22. The maximum Gasteiger partial charge on any atom is 0.191 e. The first-order chi connectivity index (χ1) is 7.70. The Balaban J connectivity index is 0.00000144. The number of aryl methyl sites for hydroxylation is 1. The van der Waals surface area contributed by atoms with Gasteiger partial charge in [-0.25, -0.2) is 0 Å². The SMILES string of the molecule is CN=C(NCc1nnc(C)n1C)NC1CC1.I. The van der Waals surface area contributed by atoms with Crippen LogP contribution in [0, 0.1) is 6.92 Å². The van der Waals surface area contributed by atoms with E-state index in [2.05, 4.69) is 25.8 Å². The minimum atomic E-state index is 0. The fourth-order valence-corrected chi connectivity index (χ4v) is 1.38. The van der Waals surface area contributed by atoms with Crippen LogP contribution in [-0.2, 0) is 13.6 Å². The summed E-state index contributed by atoms with van der Waals surface area (Å²) in [6.07, 6.45) is 2.48. The van der Waals surface area contributed by atoms with Crippen LogP contribution in [0.1, 0.15) is 24.5 Å². The largest absolute Gasteiger partial charge is 0.354 e. The van der Waals surface area contributed by atoms with Crippen molar-refractivity contribution in [1.82, 2.24) is 25.4 Å². The molecule has 96 valence electrons. The van der Waals surface area contributed by atoms with Gasteiger partial charge in [0.2, 0.25) is 0 Å². The molecule has 0 radical (unpaired) electrons. The highest BCUT2D eigenvalue weighted by atomic mass is 127. The monoisotopic (exact) mass is 350 g/mol. The molecule has 2 N–H and O–H groups in total. The third kappa shape index (κ3) is 3.83. The van der Waals surface area contributed by atoms with Gasteiger partial charge in [-0.05, 0) is 19.8 Å². The molecule has 1 fully saturated rings. The molecule has 0 amide bonds. The normalized spacial score (nSPS) is 15.4. The van der Waals surface area contributed by atoms with Gasteiger partial charge in [-0.2, -0.15) is 0 Å². The average Bonchev–Trinajstić information content (AvgIpc) is 3.04. The van der Waals surface area contributed by atoms with E-state index < -0.39 is 0 Å². The van der Waals surface area contributed by atoms with Crippen molar-refractivity contribution in [2.75, 3.05) is 7.05 Å². The molecule has 1 heterocycles. The van der Waals surface area contributed by atoms with Crippen LogP contribution >= 0.6 is 24.0 Å². The molecule has 2 rings (SSSR count). The number of nitrogens with one attached hydrogen (secondary N) is 2. The standard InChI is InChI=1S/C10H18N6.HI/c1-7-14-15-9(16(7)3)6-12-10(11-2)13-8-4-5-8;/h8H,4-6H2,1-3H3,(H2,11,12,13);1H. The van der Waals surface area contributed by atoms with Gasteiger partial charge in [-0.3, -0.25) is 4.99 Å². The molecular weight excluding hydrogens is 331 g/mol. The van der Waals surface area contributed by atoms with E-state index in [0.717, 1.165) is 17.6 Å². The van der Waals surface area contributed by atoms with Gasteiger partial charge < -0.3 is 15.2 Å². The molecule has 0 aliphatic heterocycles. The second-order valence-electron chi connectivity index (χ2n) is 4.07. The number of rotatable bonds is 3. The van der Waals surface area contributed by atoms with Gasteiger partial charge in [0.25, 0.3) is 0 Å². The zero-order valence-corrected chi connectivity index (χ0v) is 12.7. The van der Waals surface area contributed by atoms with Crippen LogP contribution in [0.15, 0.2) is 4.99 Å². The van der Waals surface area contributed by atoms with Crippen LogP contribution in [0.3, 0.4) is 0 Å². The van der Waals surface area contributed by atoms with E-state index in [-0.39, 0.29) is 24.0 Å². The average molecular weight is 350 g/mol. The first kappa shape index (κ1) is 14.2. The highest BCUT2D eigenvalue weighted by molar-refractivity contribution is 14.0. The Bertz CT molecular complexity index is 396. The van der Waals surface area contributed by atoms with Crippen molar-refractivity contribution in [3.63, 3.8) is 0 Å². The molecule has 7 heteroatoms. The van der Waals surface area contributed by atoms with Crippen molar-refractivity contribution < 1.29 is 0 Å². The van der Waals surface area contributed by atoms with Crippen molar-refractivity contribution in [3.8, 4) is 0 Å². The molecule has 1 aliphatic carbocycles. The minimum Gasteiger partial charge on any atom is -0.354 e. The molecule has 1 aromatic rings. The summed E-state index contributed by atoms with van der Waals surface area (Å²) >= 11 is 0. The van der Waals surface area contributed by atoms with Crippen molar-refractivity contribution in [3.05, 3.63) is 11.6 Å². The van der Waals surface area contributed by atoms with Crippen LogP contribution in [0.5, 0.6) is 0 Å². The lowest BCUT2D eigenvalue weighted by molar-refractivity contribution is 0.717. The van der Waals surface area contributed by atoms with Crippen LogP contribution < -0.4 is 10.6 Å². The topological polar surface area (TPSA) is 67.1 Å². The fourth-order valence-electron chi connectivity index (χ4n) is 1.38. The van der Waals surface area contributed by atoms with Crippen LogP contribution in [0.2, 0.25) is 0 Å². The lowest BCUT2D eigenvalue weighted by Gasteiger charge is -2.10. The van der Waals surface area contributed by atoms with Crippen molar-refractivity contribution in [1.29, 1.82) is 0 Å². The number of aromatic nitrogens is 3. The number of hydrogen-bond donors (Lipinski definition) is 2. The third-order valence-corrected chi connectivity index (χ3v) is 2.74. The summed E-state index contributed by atoms with van der Waals surface area (Å²) < 4.78 is 1.97. The molecule has 0 unspecified atom stereocenters. The van der Waals surface area contributed by atoms with Crippen LogP contribution in [-0.4, -0.2) is 33.8 Å². The van der Waals surface area contributed by atoms with Crippen molar-refractivity contribution in [2.24, 2.45) is 12.0 Å². The van der Waals surface area contributed by atoms with Gasteiger partial charge in [0.1, 0.15) is 5.82 Å². The lowest BCUT2D eigenvalue weighted by atomic mass is 10.5. The highest BCUT2D eigenvalue weighted by Crippen LogP contribution is 2.18.